The highest BCUT2D eigenvalue weighted by atomic mass is 16.5. The highest BCUT2D eigenvalue weighted by molar-refractivity contribution is 5.91. The lowest BCUT2D eigenvalue weighted by atomic mass is 9.46. The molecule has 6 atom stereocenters. The number of aliphatic hydroxyl groups is 2. The summed E-state index contributed by atoms with van der Waals surface area (Å²) in [6.45, 7) is 4.94. The normalized spacial score (nSPS) is 46.4. The highest BCUT2D eigenvalue weighted by Gasteiger charge is 2.58. The number of hydrogen-bond donors (Lipinski definition) is 2. The van der Waals surface area contributed by atoms with Crippen LogP contribution in [-0.2, 0) is 4.79 Å². The van der Waals surface area contributed by atoms with Crippen LogP contribution in [0.2, 0.25) is 0 Å². The molecule has 0 bridgehead atoms. The molecule has 3 fully saturated rings. The monoisotopic (exact) mass is 346 g/mol. The van der Waals surface area contributed by atoms with E-state index in [1.807, 2.05) is 6.08 Å². The van der Waals surface area contributed by atoms with Crippen LogP contribution in [0.5, 0.6) is 0 Å². The lowest BCUT2D eigenvalue weighted by Crippen LogP contribution is -2.50. The van der Waals surface area contributed by atoms with E-state index in [0.29, 0.717) is 23.5 Å². The maximum atomic E-state index is 11.9. The molecule has 3 heteroatoms. The quantitative estimate of drug-likeness (QED) is 0.752. The molecule has 0 heterocycles. The molecule has 0 aromatic rings. The van der Waals surface area contributed by atoms with Crippen molar-refractivity contribution in [2.24, 2.45) is 34.5 Å². The number of hydrogen-bond acceptors (Lipinski definition) is 3. The third kappa shape index (κ3) is 2.73. The lowest BCUT2D eigenvalue weighted by Gasteiger charge is -2.58. The second kappa shape index (κ2) is 6.20. The van der Waals surface area contributed by atoms with Crippen LogP contribution in [-0.4, -0.2) is 22.3 Å². The Labute approximate surface area is 151 Å². The third-order valence-corrected chi connectivity index (χ3v) is 8.93. The molecular weight excluding hydrogens is 312 g/mol. The summed E-state index contributed by atoms with van der Waals surface area (Å²) in [7, 11) is 0. The summed E-state index contributed by atoms with van der Waals surface area (Å²) < 4.78 is 0. The van der Waals surface area contributed by atoms with Crippen LogP contribution in [0.1, 0.15) is 78.1 Å². The molecule has 0 aliphatic heterocycles. The minimum absolute atomic E-state index is 0.261. The SMILES string of the molecule is C[C@]12CCC(=O)C=C1CC[C@@H]1[C@H]2CC[C@]2(C)C(CCC(O)O)CC[C@@H]12. The number of aliphatic hydroxyl groups excluding tert-OH is 1. The van der Waals surface area contributed by atoms with Crippen molar-refractivity contribution >= 4 is 5.78 Å². The fraction of sp³-hybridized carbons (Fsp3) is 0.864. The van der Waals surface area contributed by atoms with Gasteiger partial charge >= 0.3 is 0 Å². The zero-order valence-corrected chi connectivity index (χ0v) is 15.8. The second-order valence-corrected chi connectivity index (χ2v) is 9.85. The Morgan fingerprint density at radius 2 is 1.88 bits per heavy atom. The van der Waals surface area contributed by atoms with E-state index in [9.17, 15) is 15.0 Å². The molecule has 0 spiro atoms. The van der Waals surface area contributed by atoms with Gasteiger partial charge in [-0.2, -0.15) is 0 Å². The van der Waals surface area contributed by atoms with E-state index in [1.165, 1.54) is 37.7 Å². The van der Waals surface area contributed by atoms with Crippen LogP contribution in [0, 0.1) is 34.5 Å². The van der Waals surface area contributed by atoms with E-state index in [2.05, 4.69) is 13.8 Å². The van der Waals surface area contributed by atoms with Crippen molar-refractivity contribution in [3.63, 3.8) is 0 Å². The van der Waals surface area contributed by atoms with Gasteiger partial charge in [-0.3, -0.25) is 4.79 Å². The molecule has 0 aromatic carbocycles. The molecule has 25 heavy (non-hydrogen) atoms. The summed E-state index contributed by atoms with van der Waals surface area (Å²) in [5.41, 5.74) is 2.10. The van der Waals surface area contributed by atoms with E-state index in [4.69, 9.17) is 0 Å². The van der Waals surface area contributed by atoms with E-state index in [-0.39, 0.29) is 5.41 Å². The van der Waals surface area contributed by atoms with Crippen LogP contribution in [0.15, 0.2) is 11.6 Å². The average Bonchev–Trinajstić information content (AvgIpc) is 2.90. The van der Waals surface area contributed by atoms with Crippen molar-refractivity contribution in [2.45, 2.75) is 84.3 Å². The molecule has 0 radical (unpaired) electrons. The highest BCUT2D eigenvalue weighted by Crippen LogP contribution is 2.67. The minimum Gasteiger partial charge on any atom is -0.368 e. The van der Waals surface area contributed by atoms with Gasteiger partial charge in [0, 0.05) is 6.42 Å². The van der Waals surface area contributed by atoms with Crippen LogP contribution >= 0.6 is 0 Å². The third-order valence-electron chi connectivity index (χ3n) is 8.93. The smallest absolute Gasteiger partial charge is 0.155 e. The van der Waals surface area contributed by atoms with Gasteiger partial charge in [0.25, 0.3) is 0 Å². The summed E-state index contributed by atoms with van der Waals surface area (Å²) in [4.78, 5) is 11.9. The Morgan fingerprint density at radius 1 is 1.08 bits per heavy atom. The van der Waals surface area contributed by atoms with Gasteiger partial charge in [0.05, 0.1) is 0 Å². The summed E-state index contributed by atoms with van der Waals surface area (Å²) in [5.74, 6) is 3.34. The molecule has 0 aromatic heterocycles. The molecule has 0 saturated heterocycles. The standard InChI is InChI=1S/C22H34O3/c1-21-12-10-19-17(18(21)7-4-14(21)5-8-20(24)25)6-3-15-13-16(23)9-11-22(15,19)2/h13-14,17-20,24-25H,3-12H2,1-2H3/t14?,17-,18-,19+,21+,22-/m0/s1. The van der Waals surface area contributed by atoms with Crippen molar-refractivity contribution in [2.75, 3.05) is 0 Å². The number of rotatable bonds is 3. The molecule has 1 unspecified atom stereocenters. The van der Waals surface area contributed by atoms with Crippen molar-refractivity contribution in [3.05, 3.63) is 11.6 Å². The average molecular weight is 347 g/mol. The fourth-order valence-electron chi connectivity index (χ4n) is 7.49. The predicted molar refractivity (Wildman–Crippen MR) is 97.7 cm³/mol. The molecule has 3 nitrogen and oxygen atoms in total. The largest absolute Gasteiger partial charge is 0.368 e. The number of allylic oxidation sites excluding steroid dienone is 1. The van der Waals surface area contributed by atoms with E-state index in [0.717, 1.165) is 43.4 Å². The van der Waals surface area contributed by atoms with E-state index < -0.39 is 6.29 Å². The second-order valence-electron chi connectivity index (χ2n) is 9.85. The van der Waals surface area contributed by atoms with Gasteiger partial charge in [0.15, 0.2) is 12.1 Å². The lowest BCUT2D eigenvalue weighted by molar-refractivity contribution is -0.117. The number of carbonyl (C=O) groups excluding carboxylic acids is 1. The van der Waals surface area contributed by atoms with E-state index in [1.54, 1.807) is 0 Å². The Bertz CT molecular complexity index is 580. The first-order valence-corrected chi connectivity index (χ1v) is 10.4. The Morgan fingerprint density at radius 3 is 2.64 bits per heavy atom. The van der Waals surface area contributed by atoms with Crippen LogP contribution in [0.25, 0.3) is 0 Å². The zero-order chi connectivity index (χ0) is 17.8. The molecule has 140 valence electrons. The first kappa shape index (κ1) is 17.7. The van der Waals surface area contributed by atoms with Crippen LogP contribution in [0.4, 0.5) is 0 Å². The summed E-state index contributed by atoms with van der Waals surface area (Å²) in [6, 6.07) is 0. The first-order chi connectivity index (χ1) is 11.8. The van der Waals surface area contributed by atoms with Gasteiger partial charge in [-0.05, 0) is 98.4 Å². The topological polar surface area (TPSA) is 57.5 Å². The number of carbonyl (C=O) groups is 1. The first-order valence-electron chi connectivity index (χ1n) is 10.4. The molecule has 0 amide bonds. The van der Waals surface area contributed by atoms with E-state index >= 15 is 0 Å². The van der Waals surface area contributed by atoms with Gasteiger partial charge in [0.2, 0.25) is 0 Å². The minimum atomic E-state index is -1.15. The van der Waals surface area contributed by atoms with Gasteiger partial charge in [-0.1, -0.05) is 19.4 Å². The van der Waals surface area contributed by atoms with Crippen LogP contribution in [0.3, 0.4) is 0 Å². The van der Waals surface area contributed by atoms with Crippen molar-refractivity contribution in [3.8, 4) is 0 Å². The van der Waals surface area contributed by atoms with Gasteiger partial charge in [0.1, 0.15) is 0 Å². The number of fused-ring (bicyclic) bond motifs is 5. The molecule has 4 rings (SSSR count). The number of ketones is 1. The predicted octanol–water partition coefficient (Wildman–Crippen LogP) is 4.23. The molecule has 4 aliphatic rings. The van der Waals surface area contributed by atoms with Crippen molar-refractivity contribution < 1.29 is 15.0 Å². The van der Waals surface area contributed by atoms with Crippen molar-refractivity contribution in [1.29, 1.82) is 0 Å². The molecule has 2 N–H and O–H groups in total. The fourth-order valence-corrected chi connectivity index (χ4v) is 7.49. The summed E-state index contributed by atoms with van der Waals surface area (Å²) in [6.07, 6.45) is 11.6. The molecular formula is C22H34O3. The van der Waals surface area contributed by atoms with Crippen LogP contribution < -0.4 is 0 Å². The zero-order valence-electron chi connectivity index (χ0n) is 15.8. The Balaban J connectivity index is 1.56. The summed E-state index contributed by atoms with van der Waals surface area (Å²) >= 11 is 0. The molecule has 3 saturated carbocycles. The van der Waals surface area contributed by atoms with Gasteiger partial charge in [-0.25, -0.2) is 0 Å². The Hall–Kier alpha value is -0.670. The Kier molecular flexibility index (Phi) is 4.39. The van der Waals surface area contributed by atoms with Crippen molar-refractivity contribution in [1.82, 2.24) is 0 Å². The maximum absolute atomic E-state index is 11.9. The summed E-state index contributed by atoms with van der Waals surface area (Å²) in [5, 5.41) is 18.6. The van der Waals surface area contributed by atoms with Gasteiger partial charge in [-0.15, -0.1) is 0 Å². The maximum Gasteiger partial charge on any atom is 0.155 e. The van der Waals surface area contributed by atoms with Gasteiger partial charge < -0.3 is 10.2 Å². The molecule has 4 aliphatic carbocycles.